The third kappa shape index (κ3) is 3.55. The van der Waals surface area contributed by atoms with Gasteiger partial charge in [-0.25, -0.2) is 13.8 Å². The molecular weight excluding hydrogens is 272 g/mol. The number of nitrogens with zero attached hydrogens (tertiary/aromatic N) is 2. The largest absolute Gasteiger partial charge is 0.325 e. The van der Waals surface area contributed by atoms with Crippen LogP contribution in [-0.4, -0.2) is 18.6 Å². The van der Waals surface area contributed by atoms with Crippen molar-refractivity contribution in [3.63, 3.8) is 0 Å². The van der Waals surface area contributed by atoms with Gasteiger partial charge in [-0.05, 0) is 31.2 Å². The van der Waals surface area contributed by atoms with Crippen LogP contribution in [0.2, 0.25) is 0 Å². The van der Waals surface area contributed by atoms with Gasteiger partial charge in [-0.1, -0.05) is 19.1 Å². The van der Waals surface area contributed by atoms with Gasteiger partial charge in [0.1, 0.15) is 5.82 Å². The smallest absolute Gasteiger partial charge is 0.170 e. The molecular formula is C16H19F2N3. The third-order valence-electron chi connectivity index (χ3n) is 3.22. The highest BCUT2D eigenvalue weighted by Gasteiger charge is 2.16. The summed E-state index contributed by atoms with van der Waals surface area (Å²) in [6.45, 7) is 3.30. The summed E-state index contributed by atoms with van der Waals surface area (Å²) in [5, 5.41) is 3.15. The van der Waals surface area contributed by atoms with Crippen molar-refractivity contribution in [3.05, 3.63) is 53.7 Å². The van der Waals surface area contributed by atoms with E-state index < -0.39 is 11.6 Å². The van der Waals surface area contributed by atoms with Gasteiger partial charge in [-0.3, -0.25) is 0 Å². The van der Waals surface area contributed by atoms with Crippen LogP contribution in [0.5, 0.6) is 0 Å². The number of hydrogen-bond donors (Lipinski definition) is 1. The molecule has 1 N–H and O–H groups in total. The Bertz CT molecular complexity index is 602. The summed E-state index contributed by atoms with van der Waals surface area (Å²) >= 11 is 0. The molecule has 0 saturated heterocycles. The van der Waals surface area contributed by atoms with E-state index in [0.29, 0.717) is 17.8 Å². The van der Waals surface area contributed by atoms with E-state index in [1.165, 1.54) is 11.0 Å². The minimum absolute atomic E-state index is 0.121. The molecule has 5 heteroatoms. The molecule has 1 aromatic heterocycles. The van der Waals surface area contributed by atoms with Crippen molar-refractivity contribution in [2.75, 3.05) is 18.5 Å². The Balaban J connectivity index is 2.27. The molecule has 1 aromatic carbocycles. The van der Waals surface area contributed by atoms with Gasteiger partial charge in [0.15, 0.2) is 11.6 Å². The molecule has 0 aliphatic carbocycles. The summed E-state index contributed by atoms with van der Waals surface area (Å²) < 4.78 is 28.3. The molecule has 0 bridgehead atoms. The first-order valence-corrected chi connectivity index (χ1v) is 6.97. The molecule has 3 nitrogen and oxygen atoms in total. The highest BCUT2D eigenvalue weighted by atomic mass is 19.1. The number of benzene rings is 1. The van der Waals surface area contributed by atoms with Crippen molar-refractivity contribution in [1.82, 2.24) is 10.3 Å². The van der Waals surface area contributed by atoms with Crippen LogP contribution in [0.15, 0.2) is 36.5 Å². The third-order valence-corrected chi connectivity index (χ3v) is 3.22. The highest BCUT2D eigenvalue weighted by molar-refractivity contribution is 5.60. The van der Waals surface area contributed by atoms with Crippen molar-refractivity contribution in [2.45, 2.75) is 19.9 Å². The molecule has 0 spiro atoms. The summed E-state index contributed by atoms with van der Waals surface area (Å²) in [5.41, 5.74) is 0.819. The lowest BCUT2D eigenvalue weighted by molar-refractivity contribution is 0.579. The summed E-state index contributed by atoms with van der Waals surface area (Å²) in [4.78, 5) is 5.47. The van der Waals surface area contributed by atoms with Crippen LogP contribution in [-0.2, 0) is 6.54 Å². The fourth-order valence-electron chi connectivity index (χ4n) is 2.08. The summed E-state index contributed by atoms with van der Waals surface area (Å²) in [6.07, 6.45) is 2.52. The van der Waals surface area contributed by atoms with Crippen molar-refractivity contribution in [1.29, 1.82) is 0 Å². The van der Waals surface area contributed by atoms with Gasteiger partial charge in [-0.2, -0.15) is 0 Å². The van der Waals surface area contributed by atoms with Gasteiger partial charge < -0.3 is 10.2 Å². The van der Waals surface area contributed by atoms with Crippen molar-refractivity contribution >= 4 is 11.5 Å². The first-order valence-electron chi connectivity index (χ1n) is 6.97. The molecule has 0 aliphatic rings. The number of pyridine rings is 1. The zero-order valence-electron chi connectivity index (χ0n) is 12.2. The Kier molecular flexibility index (Phi) is 5.22. The van der Waals surface area contributed by atoms with Crippen LogP contribution < -0.4 is 10.2 Å². The monoisotopic (exact) mass is 291 g/mol. The van der Waals surface area contributed by atoms with Gasteiger partial charge in [-0.15, -0.1) is 0 Å². The molecule has 0 amide bonds. The number of rotatable bonds is 6. The second kappa shape index (κ2) is 7.13. The average molecular weight is 291 g/mol. The van der Waals surface area contributed by atoms with Crippen LogP contribution >= 0.6 is 0 Å². The molecule has 0 saturated carbocycles. The molecule has 0 aliphatic heterocycles. The van der Waals surface area contributed by atoms with Crippen molar-refractivity contribution in [3.8, 4) is 0 Å². The summed E-state index contributed by atoms with van der Waals surface area (Å²) in [6, 6.07) is 7.88. The lowest BCUT2D eigenvalue weighted by atomic mass is 10.2. The quantitative estimate of drug-likeness (QED) is 0.824. The Morgan fingerprint density at radius 1 is 1.19 bits per heavy atom. The Labute approximate surface area is 123 Å². The standard InChI is InChI=1S/C16H19F2N3/c1-3-9-19-11-12-8-10-20-16(15(12)18)21(2)14-7-5-4-6-13(14)17/h4-8,10,19H,3,9,11H2,1-2H3. The van der Waals surface area contributed by atoms with E-state index in [1.54, 1.807) is 37.5 Å². The second-order valence-electron chi connectivity index (χ2n) is 4.79. The molecule has 112 valence electrons. The molecule has 1 heterocycles. The Morgan fingerprint density at radius 3 is 2.67 bits per heavy atom. The average Bonchev–Trinajstić information content (AvgIpc) is 2.49. The lowest BCUT2D eigenvalue weighted by Gasteiger charge is -2.20. The van der Waals surface area contributed by atoms with Crippen molar-refractivity contribution in [2.24, 2.45) is 0 Å². The SMILES string of the molecule is CCCNCc1ccnc(N(C)c2ccccc2F)c1F. The topological polar surface area (TPSA) is 28.2 Å². The Morgan fingerprint density at radius 2 is 1.95 bits per heavy atom. The first kappa shape index (κ1) is 15.4. The van der Waals surface area contributed by atoms with E-state index in [4.69, 9.17) is 0 Å². The highest BCUT2D eigenvalue weighted by Crippen LogP contribution is 2.27. The number of nitrogens with one attached hydrogen (secondary N) is 1. The fourth-order valence-corrected chi connectivity index (χ4v) is 2.08. The maximum Gasteiger partial charge on any atom is 0.170 e. The normalized spacial score (nSPS) is 10.7. The molecule has 0 unspecified atom stereocenters. The van der Waals surface area contributed by atoms with E-state index in [-0.39, 0.29) is 5.82 Å². The number of para-hydroxylation sites is 1. The molecule has 0 atom stereocenters. The summed E-state index contributed by atoms with van der Waals surface area (Å²) in [7, 11) is 1.60. The van der Waals surface area contributed by atoms with Crippen molar-refractivity contribution < 1.29 is 8.78 Å². The van der Waals surface area contributed by atoms with Crippen LogP contribution in [0.1, 0.15) is 18.9 Å². The number of anilines is 2. The van der Waals surface area contributed by atoms with Gasteiger partial charge in [0.2, 0.25) is 0 Å². The zero-order chi connectivity index (χ0) is 15.2. The second-order valence-corrected chi connectivity index (χ2v) is 4.79. The minimum atomic E-state index is -0.424. The first-order chi connectivity index (χ1) is 10.1. The predicted octanol–water partition coefficient (Wildman–Crippen LogP) is 3.63. The van der Waals surface area contributed by atoms with E-state index in [2.05, 4.69) is 10.3 Å². The van der Waals surface area contributed by atoms with Crippen LogP contribution in [0.4, 0.5) is 20.3 Å². The van der Waals surface area contributed by atoms with Crippen LogP contribution in [0.3, 0.4) is 0 Å². The Hall–Kier alpha value is -2.01. The number of aromatic nitrogens is 1. The molecule has 0 radical (unpaired) electrons. The maximum absolute atomic E-state index is 14.5. The minimum Gasteiger partial charge on any atom is -0.325 e. The molecule has 2 aromatic rings. The number of hydrogen-bond acceptors (Lipinski definition) is 3. The van der Waals surface area contributed by atoms with E-state index >= 15 is 0 Å². The van der Waals surface area contributed by atoms with E-state index in [9.17, 15) is 8.78 Å². The maximum atomic E-state index is 14.5. The fraction of sp³-hybridized carbons (Fsp3) is 0.312. The zero-order valence-corrected chi connectivity index (χ0v) is 12.2. The van der Waals surface area contributed by atoms with Crippen LogP contribution in [0, 0.1) is 11.6 Å². The molecule has 0 fully saturated rings. The van der Waals surface area contributed by atoms with Crippen LogP contribution in [0.25, 0.3) is 0 Å². The molecule has 21 heavy (non-hydrogen) atoms. The van der Waals surface area contributed by atoms with E-state index in [1.807, 2.05) is 6.92 Å². The van der Waals surface area contributed by atoms with Gasteiger partial charge in [0.05, 0.1) is 5.69 Å². The number of halogens is 2. The predicted molar refractivity (Wildman–Crippen MR) is 80.7 cm³/mol. The lowest BCUT2D eigenvalue weighted by Crippen LogP contribution is -2.18. The van der Waals surface area contributed by atoms with Gasteiger partial charge >= 0.3 is 0 Å². The van der Waals surface area contributed by atoms with Gasteiger partial charge in [0.25, 0.3) is 0 Å². The van der Waals surface area contributed by atoms with E-state index in [0.717, 1.165) is 13.0 Å². The summed E-state index contributed by atoms with van der Waals surface area (Å²) in [5.74, 6) is -0.710. The molecule has 2 rings (SSSR count). The van der Waals surface area contributed by atoms with Gasteiger partial charge in [0, 0.05) is 25.4 Å².